The minimum Gasteiger partial charge on any atom is -0.508 e. The van der Waals surface area contributed by atoms with E-state index in [0.717, 1.165) is 22.3 Å². The number of hydrogen-bond acceptors (Lipinski definition) is 2. The molecule has 5 heteroatoms. The molecule has 2 aromatic rings. The van der Waals surface area contributed by atoms with Gasteiger partial charge in [0.05, 0.1) is 0 Å². The van der Waals surface area contributed by atoms with Crippen LogP contribution in [-0.4, -0.2) is 17.0 Å². The van der Waals surface area contributed by atoms with Crippen LogP contribution in [0, 0.1) is 6.92 Å². The minimum atomic E-state index is -0.469. The molecule has 0 aromatic heterocycles. The molecule has 0 fully saturated rings. The summed E-state index contributed by atoms with van der Waals surface area (Å²) in [6, 6.07) is 12.8. The number of phenolic OH excluding ortho intramolecular Hbond substituents is 1. The number of aromatic hydroxyl groups is 1. The van der Waals surface area contributed by atoms with Gasteiger partial charge in [-0.3, -0.25) is 4.79 Å². The molecule has 2 rings (SSSR count). The second-order valence-corrected chi connectivity index (χ2v) is 5.26. The highest BCUT2D eigenvalue weighted by Gasteiger charge is 2.09. The normalized spacial score (nSPS) is 11.1. The monoisotopic (exact) mass is 309 g/mol. The van der Waals surface area contributed by atoms with E-state index in [1.807, 2.05) is 37.3 Å². The van der Waals surface area contributed by atoms with E-state index in [2.05, 4.69) is 4.99 Å². The molecule has 118 valence electrons. The van der Waals surface area contributed by atoms with E-state index in [1.165, 1.54) is 0 Å². The fraction of sp³-hybridized carbons (Fsp3) is 0.111. The van der Waals surface area contributed by atoms with Crippen molar-refractivity contribution in [3.05, 3.63) is 59.2 Å². The van der Waals surface area contributed by atoms with Crippen LogP contribution >= 0.6 is 0 Å². The number of nitrogens with two attached hydrogens (primary N) is 2. The van der Waals surface area contributed by atoms with Crippen LogP contribution in [-0.2, 0) is 4.79 Å². The van der Waals surface area contributed by atoms with Gasteiger partial charge in [0, 0.05) is 5.57 Å². The van der Waals surface area contributed by atoms with Gasteiger partial charge in [0.15, 0.2) is 5.96 Å². The van der Waals surface area contributed by atoms with Crippen molar-refractivity contribution in [2.24, 2.45) is 16.5 Å². The summed E-state index contributed by atoms with van der Waals surface area (Å²) in [4.78, 5) is 15.4. The number of carbonyl (C=O) groups is 1. The van der Waals surface area contributed by atoms with Gasteiger partial charge in [-0.25, -0.2) is 0 Å². The van der Waals surface area contributed by atoms with E-state index < -0.39 is 5.91 Å². The van der Waals surface area contributed by atoms with Crippen LogP contribution in [0.4, 0.5) is 0 Å². The van der Waals surface area contributed by atoms with Crippen molar-refractivity contribution in [1.29, 1.82) is 0 Å². The van der Waals surface area contributed by atoms with E-state index >= 15 is 0 Å². The Morgan fingerprint density at radius 3 is 2.39 bits per heavy atom. The molecule has 0 atom stereocenters. The lowest BCUT2D eigenvalue weighted by Crippen LogP contribution is -2.24. The van der Waals surface area contributed by atoms with Gasteiger partial charge in [0.25, 0.3) is 5.91 Å². The lowest BCUT2D eigenvalue weighted by atomic mass is 9.94. The molecule has 1 amide bonds. The molecule has 0 bridgehead atoms. The molecule has 0 aliphatic heterocycles. The summed E-state index contributed by atoms with van der Waals surface area (Å²) in [5.74, 6) is -0.521. The third-order valence-corrected chi connectivity index (χ3v) is 3.40. The lowest BCUT2D eigenvalue weighted by Gasteiger charge is -2.11. The maximum atomic E-state index is 11.9. The zero-order chi connectivity index (χ0) is 17.0. The molecule has 0 saturated carbocycles. The van der Waals surface area contributed by atoms with Gasteiger partial charge >= 0.3 is 0 Å². The number of carbonyl (C=O) groups excluding carboxylic acids is 1. The van der Waals surface area contributed by atoms with E-state index in [4.69, 9.17) is 11.5 Å². The SMILES string of the molecule is C/C(=C\c1cccc(C)c1-c1ccc(O)cc1)C(=O)N=C(N)N. The number of amides is 1. The quantitative estimate of drug-likeness (QED) is 0.460. The number of nitrogens with zero attached hydrogens (tertiary/aromatic N) is 1. The first-order valence-corrected chi connectivity index (χ1v) is 7.10. The second-order valence-electron chi connectivity index (χ2n) is 5.26. The Morgan fingerprint density at radius 2 is 1.78 bits per heavy atom. The van der Waals surface area contributed by atoms with Crippen LogP contribution in [0.1, 0.15) is 18.1 Å². The number of aliphatic imine (C=N–C) groups is 1. The van der Waals surface area contributed by atoms with E-state index in [0.29, 0.717) is 5.57 Å². The molecular formula is C18H19N3O2. The summed E-state index contributed by atoms with van der Waals surface area (Å²) in [7, 11) is 0. The Balaban J connectivity index is 2.52. The van der Waals surface area contributed by atoms with Gasteiger partial charge in [0.2, 0.25) is 0 Å². The van der Waals surface area contributed by atoms with E-state index in [1.54, 1.807) is 25.1 Å². The van der Waals surface area contributed by atoms with Crippen molar-refractivity contribution in [2.45, 2.75) is 13.8 Å². The zero-order valence-corrected chi connectivity index (χ0v) is 13.1. The molecule has 0 unspecified atom stereocenters. The molecule has 5 nitrogen and oxygen atoms in total. The van der Waals surface area contributed by atoms with Gasteiger partial charge < -0.3 is 16.6 Å². The zero-order valence-electron chi connectivity index (χ0n) is 13.1. The average Bonchev–Trinajstić information content (AvgIpc) is 2.48. The number of phenols is 1. The number of rotatable bonds is 3. The molecule has 2 aromatic carbocycles. The van der Waals surface area contributed by atoms with Crippen LogP contribution in [0.3, 0.4) is 0 Å². The summed E-state index contributed by atoms with van der Waals surface area (Å²) >= 11 is 0. The summed E-state index contributed by atoms with van der Waals surface area (Å²) < 4.78 is 0. The van der Waals surface area contributed by atoms with Gasteiger partial charge in [-0.2, -0.15) is 4.99 Å². The number of aryl methyl sites for hydroxylation is 1. The highest BCUT2D eigenvalue weighted by molar-refractivity contribution is 6.04. The van der Waals surface area contributed by atoms with Crippen LogP contribution in [0.15, 0.2) is 53.0 Å². The Kier molecular flexibility index (Phi) is 4.81. The molecule has 23 heavy (non-hydrogen) atoms. The number of guanidine groups is 1. The summed E-state index contributed by atoms with van der Waals surface area (Å²) in [6.07, 6.45) is 1.75. The summed E-state index contributed by atoms with van der Waals surface area (Å²) in [6.45, 7) is 3.66. The Hall–Kier alpha value is -3.08. The van der Waals surface area contributed by atoms with Gasteiger partial charge in [0.1, 0.15) is 5.75 Å². The van der Waals surface area contributed by atoms with Crippen LogP contribution in [0.2, 0.25) is 0 Å². The molecule has 5 N–H and O–H groups in total. The smallest absolute Gasteiger partial charge is 0.275 e. The molecule has 0 aliphatic carbocycles. The molecule has 0 heterocycles. The van der Waals surface area contributed by atoms with Crippen molar-refractivity contribution in [3.8, 4) is 16.9 Å². The molecule has 0 spiro atoms. The maximum absolute atomic E-state index is 11.9. The van der Waals surface area contributed by atoms with Gasteiger partial charge in [-0.15, -0.1) is 0 Å². The van der Waals surface area contributed by atoms with Gasteiger partial charge in [-0.05, 0) is 54.3 Å². The summed E-state index contributed by atoms with van der Waals surface area (Å²) in [5, 5.41) is 9.45. The minimum absolute atomic E-state index is 0.207. The van der Waals surface area contributed by atoms with Crippen LogP contribution < -0.4 is 11.5 Å². The van der Waals surface area contributed by atoms with E-state index in [9.17, 15) is 9.90 Å². The first-order valence-electron chi connectivity index (χ1n) is 7.10. The summed E-state index contributed by atoms with van der Waals surface area (Å²) in [5.41, 5.74) is 14.8. The standard InChI is InChI=1S/C18H19N3O2/c1-11-4-3-5-14(10-12(2)17(23)21-18(19)20)16(11)13-6-8-15(22)9-7-13/h3-10,22H,1-2H3,(H4,19,20,21,23)/b12-10+. The van der Waals surface area contributed by atoms with Crippen LogP contribution in [0.5, 0.6) is 5.75 Å². The van der Waals surface area contributed by atoms with Crippen molar-refractivity contribution < 1.29 is 9.90 Å². The van der Waals surface area contributed by atoms with Crippen LogP contribution in [0.25, 0.3) is 17.2 Å². The second kappa shape index (κ2) is 6.79. The molecule has 0 aliphatic rings. The van der Waals surface area contributed by atoms with E-state index in [-0.39, 0.29) is 11.7 Å². The highest BCUT2D eigenvalue weighted by Crippen LogP contribution is 2.30. The Morgan fingerprint density at radius 1 is 1.13 bits per heavy atom. The molecular weight excluding hydrogens is 290 g/mol. The van der Waals surface area contributed by atoms with Crippen molar-refractivity contribution in [2.75, 3.05) is 0 Å². The average molecular weight is 309 g/mol. The first kappa shape index (κ1) is 16.3. The first-order chi connectivity index (χ1) is 10.9. The topological polar surface area (TPSA) is 102 Å². The van der Waals surface area contributed by atoms with Crippen molar-refractivity contribution in [3.63, 3.8) is 0 Å². The number of hydrogen-bond donors (Lipinski definition) is 3. The molecule has 0 saturated heterocycles. The maximum Gasteiger partial charge on any atom is 0.275 e. The fourth-order valence-electron chi connectivity index (χ4n) is 2.33. The lowest BCUT2D eigenvalue weighted by molar-refractivity contribution is -0.114. The predicted octanol–water partition coefficient (Wildman–Crippen LogP) is 2.57. The fourth-order valence-corrected chi connectivity index (χ4v) is 2.33. The van der Waals surface area contributed by atoms with Gasteiger partial charge in [-0.1, -0.05) is 30.3 Å². The third kappa shape index (κ3) is 3.97. The third-order valence-electron chi connectivity index (χ3n) is 3.40. The highest BCUT2D eigenvalue weighted by atomic mass is 16.3. The Labute approximate surface area is 135 Å². The Bertz CT molecular complexity index is 786. The largest absolute Gasteiger partial charge is 0.508 e. The molecule has 0 radical (unpaired) electrons. The van der Waals surface area contributed by atoms with Crippen molar-refractivity contribution in [1.82, 2.24) is 0 Å². The van der Waals surface area contributed by atoms with Crippen molar-refractivity contribution >= 4 is 17.9 Å². The predicted molar refractivity (Wildman–Crippen MR) is 92.7 cm³/mol. The number of benzene rings is 2.